The van der Waals surface area contributed by atoms with E-state index < -0.39 is 34.5 Å². The minimum atomic E-state index is -6.12. The maximum Gasteiger partial charge on any atom is 0.448 e. The zero-order chi connectivity index (χ0) is 15.9. The van der Waals surface area contributed by atoms with Crippen LogP contribution in [-0.4, -0.2) is 34.5 Å². The van der Waals surface area contributed by atoms with E-state index in [9.17, 15) is 44.7 Å². The molecule has 2 atom stereocenters. The summed E-state index contributed by atoms with van der Waals surface area (Å²) in [5, 5.41) is -10.7. The van der Waals surface area contributed by atoms with Crippen molar-refractivity contribution in [1.29, 1.82) is 0 Å². The normalized spacial score (nSPS) is 19.3. The lowest BCUT2D eigenvalue weighted by Gasteiger charge is -2.22. The van der Waals surface area contributed by atoms with Crippen LogP contribution in [0.15, 0.2) is 0 Å². The van der Waals surface area contributed by atoms with Crippen LogP contribution in [0.1, 0.15) is 0 Å². The fourth-order valence-electron chi connectivity index (χ4n) is 0.444. The molecular weight excluding hydrogens is 343 g/mol. The predicted molar refractivity (Wildman–Crippen MR) is 42.6 cm³/mol. The van der Waals surface area contributed by atoms with Crippen LogP contribution in [0.25, 0.3) is 0 Å². The number of alkyl halides is 10. The largest absolute Gasteiger partial charge is 0.448 e. The molecule has 0 aromatic carbocycles. The Morgan fingerprint density at radius 2 is 0.895 bits per heavy atom. The van der Waals surface area contributed by atoms with Crippen LogP contribution in [0, 0.1) is 0 Å². The Morgan fingerprint density at radius 3 is 1.05 bits per heavy atom. The summed E-state index contributed by atoms with van der Waals surface area (Å²) in [6, 6.07) is 0. The van der Waals surface area contributed by atoms with Gasteiger partial charge in [-0.2, -0.15) is 26.3 Å². The van der Waals surface area contributed by atoms with E-state index >= 15 is 0 Å². The van der Waals surface area contributed by atoms with Crippen molar-refractivity contribution < 1.29 is 49.4 Å². The number of hydrogen-bond donors (Lipinski definition) is 0. The van der Waals surface area contributed by atoms with Gasteiger partial charge in [-0.3, -0.25) is 0 Å². The summed E-state index contributed by atoms with van der Waals surface area (Å²) in [6.07, 6.45) is -12.2. The molecule has 0 spiro atoms. The van der Waals surface area contributed by atoms with E-state index in [2.05, 4.69) is 27.9 Å². The average Bonchev–Trinajstić information content (AvgIpc) is 2.13. The molecule has 0 heterocycles. The number of carbonyl (C=O) groups is 2. The van der Waals surface area contributed by atoms with E-state index in [1.807, 2.05) is 0 Å². The molecule has 0 N–H and O–H groups in total. The number of rotatable bonds is 2. The standard InChI is InChI=1S/C6Cl2F8O3/c7-3(9,5(11,12)13)1(17)19-2(18)4(8,10)6(14,15)16. The van der Waals surface area contributed by atoms with E-state index in [1.165, 1.54) is 0 Å². The van der Waals surface area contributed by atoms with Crippen molar-refractivity contribution in [3.63, 3.8) is 0 Å². The highest BCUT2D eigenvalue weighted by atomic mass is 35.5. The second kappa shape index (κ2) is 4.93. The van der Waals surface area contributed by atoms with Crippen LogP contribution in [0.4, 0.5) is 35.1 Å². The Hall–Kier alpha value is -0.840. The first-order valence-electron chi connectivity index (χ1n) is 3.71. The van der Waals surface area contributed by atoms with Crippen LogP contribution < -0.4 is 0 Å². The highest BCUT2D eigenvalue weighted by Crippen LogP contribution is 2.41. The van der Waals surface area contributed by atoms with Gasteiger partial charge in [0.2, 0.25) is 0 Å². The topological polar surface area (TPSA) is 43.4 Å². The summed E-state index contributed by atoms with van der Waals surface area (Å²) in [5.74, 6) is -6.61. The molecule has 112 valence electrons. The van der Waals surface area contributed by atoms with Crippen molar-refractivity contribution in [3.8, 4) is 0 Å². The summed E-state index contributed by atoms with van der Waals surface area (Å²) < 4.78 is 98.7. The zero-order valence-corrected chi connectivity index (χ0v) is 9.52. The fourth-order valence-corrected chi connectivity index (χ4v) is 0.521. The summed E-state index contributed by atoms with van der Waals surface area (Å²) in [5.41, 5.74) is 0. The number of esters is 2. The molecular formula is C6Cl2F8O3. The number of halogens is 10. The van der Waals surface area contributed by atoms with Crippen molar-refractivity contribution in [2.75, 3.05) is 0 Å². The highest BCUT2D eigenvalue weighted by Gasteiger charge is 2.67. The van der Waals surface area contributed by atoms with Crippen LogP contribution in [0.3, 0.4) is 0 Å². The Balaban J connectivity index is 5.11. The lowest BCUT2D eigenvalue weighted by atomic mass is 10.3. The molecule has 0 saturated heterocycles. The van der Waals surface area contributed by atoms with Crippen LogP contribution >= 0.6 is 23.2 Å². The molecule has 0 aliphatic carbocycles. The monoisotopic (exact) mass is 342 g/mol. The molecule has 0 aromatic heterocycles. The van der Waals surface area contributed by atoms with Gasteiger partial charge in [-0.15, -0.1) is 0 Å². The predicted octanol–water partition coefficient (Wildman–Crippen LogP) is 2.99. The van der Waals surface area contributed by atoms with Gasteiger partial charge in [0.15, 0.2) is 0 Å². The maximum atomic E-state index is 12.6. The SMILES string of the molecule is O=C(OC(=O)C(F)(Cl)C(F)(F)F)C(F)(Cl)C(F)(F)F. The molecule has 0 amide bonds. The Morgan fingerprint density at radius 1 is 0.684 bits per heavy atom. The molecule has 13 heteroatoms. The van der Waals surface area contributed by atoms with Crippen molar-refractivity contribution >= 4 is 35.1 Å². The molecule has 19 heavy (non-hydrogen) atoms. The minimum absolute atomic E-state index is 2.70. The molecule has 0 saturated carbocycles. The molecule has 0 fully saturated rings. The van der Waals surface area contributed by atoms with Crippen molar-refractivity contribution in [3.05, 3.63) is 0 Å². The van der Waals surface area contributed by atoms with Gasteiger partial charge < -0.3 is 4.74 Å². The Kier molecular flexibility index (Phi) is 4.71. The zero-order valence-electron chi connectivity index (χ0n) is 8.00. The van der Waals surface area contributed by atoms with E-state index in [1.54, 1.807) is 0 Å². The summed E-state index contributed by atoms with van der Waals surface area (Å²) >= 11 is 8.01. The van der Waals surface area contributed by atoms with E-state index in [-0.39, 0.29) is 0 Å². The van der Waals surface area contributed by atoms with Gasteiger partial charge in [-0.1, -0.05) is 23.2 Å². The third-order valence-electron chi connectivity index (χ3n) is 1.41. The van der Waals surface area contributed by atoms with Crippen LogP contribution in [0.5, 0.6) is 0 Å². The summed E-state index contributed by atoms with van der Waals surface area (Å²) in [6.45, 7) is 0. The third kappa shape index (κ3) is 3.59. The molecule has 2 unspecified atom stereocenters. The summed E-state index contributed by atoms with van der Waals surface area (Å²) in [4.78, 5) is 20.9. The molecule has 0 radical (unpaired) electrons. The molecule has 0 bridgehead atoms. The number of carbonyl (C=O) groups excluding carboxylic acids is 2. The lowest BCUT2D eigenvalue weighted by molar-refractivity contribution is -0.226. The first kappa shape index (κ1) is 18.2. The van der Waals surface area contributed by atoms with E-state index in [0.29, 0.717) is 0 Å². The minimum Gasteiger partial charge on any atom is -0.386 e. The van der Waals surface area contributed by atoms with Gasteiger partial charge in [0, 0.05) is 0 Å². The van der Waals surface area contributed by atoms with E-state index in [4.69, 9.17) is 0 Å². The fraction of sp³-hybridized carbons (Fsp3) is 0.667. The first-order chi connectivity index (χ1) is 8.05. The van der Waals surface area contributed by atoms with Gasteiger partial charge in [0.1, 0.15) is 0 Å². The second-order valence-corrected chi connectivity index (χ2v) is 3.86. The van der Waals surface area contributed by atoms with Crippen LogP contribution in [-0.2, 0) is 14.3 Å². The number of ether oxygens (including phenoxy) is 1. The van der Waals surface area contributed by atoms with Gasteiger partial charge in [-0.25, -0.2) is 18.4 Å². The first-order valence-corrected chi connectivity index (χ1v) is 4.46. The molecule has 0 aliphatic rings. The molecule has 0 aromatic rings. The third-order valence-corrected chi connectivity index (χ3v) is 2.15. The van der Waals surface area contributed by atoms with Gasteiger partial charge in [0.25, 0.3) is 0 Å². The van der Waals surface area contributed by atoms with Crippen LogP contribution in [0.2, 0.25) is 0 Å². The molecule has 3 nitrogen and oxygen atoms in total. The van der Waals surface area contributed by atoms with E-state index in [0.717, 1.165) is 0 Å². The second-order valence-electron chi connectivity index (χ2n) is 2.82. The molecule has 0 aliphatic heterocycles. The van der Waals surface area contributed by atoms with Gasteiger partial charge in [0.05, 0.1) is 0 Å². The van der Waals surface area contributed by atoms with Gasteiger partial charge in [-0.05, 0) is 0 Å². The van der Waals surface area contributed by atoms with Gasteiger partial charge >= 0.3 is 34.5 Å². The Bertz CT molecular complexity index is 349. The molecule has 0 rings (SSSR count). The van der Waals surface area contributed by atoms with Crippen molar-refractivity contribution in [2.24, 2.45) is 0 Å². The smallest absolute Gasteiger partial charge is 0.386 e. The Labute approximate surface area is 108 Å². The summed E-state index contributed by atoms with van der Waals surface area (Å²) in [7, 11) is 0. The number of hydrogen-bond acceptors (Lipinski definition) is 3. The average molecular weight is 343 g/mol. The maximum absolute atomic E-state index is 12.6. The van der Waals surface area contributed by atoms with Crippen molar-refractivity contribution in [2.45, 2.75) is 22.6 Å². The van der Waals surface area contributed by atoms with Crippen molar-refractivity contribution in [1.82, 2.24) is 0 Å². The quantitative estimate of drug-likeness (QED) is 0.335. The lowest BCUT2D eigenvalue weighted by Crippen LogP contribution is -2.50. The highest BCUT2D eigenvalue weighted by molar-refractivity contribution is 6.36.